The number of thioether (sulfide) groups is 1. The Balaban J connectivity index is 1.73. The van der Waals surface area contributed by atoms with E-state index >= 15 is 0 Å². The van der Waals surface area contributed by atoms with Crippen LogP contribution in [0.2, 0.25) is 5.02 Å². The zero-order chi connectivity index (χ0) is 16.2. The summed E-state index contributed by atoms with van der Waals surface area (Å²) in [4.78, 5) is 16.6. The number of hydrogen-bond acceptors (Lipinski definition) is 7. The van der Waals surface area contributed by atoms with E-state index < -0.39 is 0 Å². The molecule has 120 valence electrons. The van der Waals surface area contributed by atoms with Gasteiger partial charge in [0.1, 0.15) is 5.65 Å². The van der Waals surface area contributed by atoms with Gasteiger partial charge in [-0.3, -0.25) is 9.20 Å². The molecular formula is C14H14ClN5OS2. The highest BCUT2D eigenvalue weighted by atomic mass is 35.5. The lowest BCUT2D eigenvalue weighted by Gasteiger charge is -2.03. The van der Waals surface area contributed by atoms with Gasteiger partial charge in [0.2, 0.25) is 5.13 Å². The average Bonchev–Trinajstić information content (AvgIpc) is 2.99. The highest BCUT2D eigenvalue weighted by molar-refractivity contribution is 8.00. The molecule has 9 heteroatoms. The first-order valence-corrected chi connectivity index (χ1v) is 9.21. The van der Waals surface area contributed by atoms with Gasteiger partial charge in [-0.2, -0.15) is 0 Å². The molecule has 0 saturated heterocycles. The largest absolute Gasteiger partial charge is 0.360 e. The van der Waals surface area contributed by atoms with Crippen LogP contribution in [0.3, 0.4) is 0 Å². The molecule has 0 saturated carbocycles. The van der Waals surface area contributed by atoms with Gasteiger partial charge >= 0.3 is 0 Å². The summed E-state index contributed by atoms with van der Waals surface area (Å²) < 4.78 is 2.29. The predicted molar refractivity (Wildman–Crippen MR) is 94.7 cm³/mol. The molecule has 0 aliphatic heterocycles. The Morgan fingerprint density at radius 2 is 2.26 bits per heavy atom. The monoisotopic (exact) mass is 367 g/mol. The van der Waals surface area contributed by atoms with E-state index in [4.69, 9.17) is 11.6 Å². The van der Waals surface area contributed by atoms with Crippen LogP contribution < -0.4 is 10.9 Å². The summed E-state index contributed by atoms with van der Waals surface area (Å²) in [5, 5.41) is 12.7. The van der Waals surface area contributed by atoms with E-state index in [0.29, 0.717) is 22.1 Å². The average molecular weight is 368 g/mol. The molecule has 0 unspecified atom stereocenters. The summed E-state index contributed by atoms with van der Waals surface area (Å²) in [7, 11) is 0. The normalized spacial score (nSPS) is 11.0. The molecule has 3 rings (SSSR count). The summed E-state index contributed by atoms with van der Waals surface area (Å²) in [5.74, 6) is 0.566. The Morgan fingerprint density at radius 1 is 1.39 bits per heavy atom. The van der Waals surface area contributed by atoms with Crippen molar-refractivity contribution in [1.29, 1.82) is 0 Å². The van der Waals surface area contributed by atoms with E-state index in [9.17, 15) is 4.79 Å². The molecular weight excluding hydrogens is 354 g/mol. The van der Waals surface area contributed by atoms with Gasteiger partial charge in [-0.05, 0) is 18.6 Å². The first-order valence-electron chi connectivity index (χ1n) is 7.03. The number of rotatable bonds is 6. The third-order valence-corrected chi connectivity index (χ3v) is 5.22. The van der Waals surface area contributed by atoms with E-state index in [1.54, 1.807) is 18.3 Å². The third kappa shape index (κ3) is 4.01. The van der Waals surface area contributed by atoms with Crippen LogP contribution in [-0.4, -0.2) is 26.1 Å². The van der Waals surface area contributed by atoms with Gasteiger partial charge in [0, 0.05) is 24.6 Å². The van der Waals surface area contributed by atoms with Crippen molar-refractivity contribution in [3.05, 3.63) is 45.5 Å². The maximum atomic E-state index is 12.1. The minimum absolute atomic E-state index is 0.143. The molecule has 0 spiro atoms. The van der Waals surface area contributed by atoms with Gasteiger partial charge in [-0.25, -0.2) is 4.98 Å². The summed E-state index contributed by atoms with van der Waals surface area (Å²) in [6, 6.07) is 4.97. The number of nitrogens with zero attached hydrogens (tertiary/aromatic N) is 4. The Bertz CT molecular complexity index is 879. The van der Waals surface area contributed by atoms with Gasteiger partial charge in [-0.1, -0.05) is 41.6 Å². The molecule has 3 aromatic heterocycles. The first kappa shape index (κ1) is 16.2. The first-order chi connectivity index (χ1) is 11.2. The van der Waals surface area contributed by atoms with Crippen LogP contribution in [0.25, 0.3) is 5.65 Å². The SMILES string of the molecule is CCCNc1nnc(SCc2cc(=O)n3cc(Cl)ccc3n2)s1. The Kier molecular flexibility index (Phi) is 5.14. The fourth-order valence-electron chi connectivity index (χ4n) is 1.91. The number of halogens is 1. The summed E-state index contributed by atoms with van der Waals surface area (Å²) >= 11 is 8.92. The topological polar surface area (TPSA) is 72.2 Å². The molecule has 3 aromatic rings. The van der Waals surface area contributed by atoms with Crippen molar-refractivity contribution >= 4 is 45.5 Å². The van der Waals surface area contributed by atoms with Gasteiger partial charge in [0.05, 0.1) is 10.7 Å². The van der Waals surface area contributed by atoms with Crippen molar-refractivity contribution in [2.75, 3.05) is 11.9 Å². The van der Waals surface area contributed by atoms with Crippen molar-refractivity contribution in [1.82, 2.24) is 19.6 Å². The number of anilines is 1. The molecule has 1 N–H and O–H groups in total. The van der Waals surface area contributed by atoms with Crippen molar-refractivity contribution in [2.24, 2.45) is 0 Å². The van der Waals surface area contributed by atoms with Crippen molar-refractivity contribution < 1.29 is 0 Å². The fraction of sp³-hybridized carbons (Fsp3) is 0.286. The molecule has 0 bridgehead atoms. The lowest BCUT2D eigenvalue weighted by atomic mass is 10.4. The van der Waals surface area contributed by atoms with Crippen molar-refractivity contribution in [3.8, 4) is 0 Å². The second-order valence-electron chi connectivity index (χ2n) is 4.75. The minimum Gasteiger partial charge on any atom is -0.360 e. The summed E-state index contributed by atoms with van der Waals surface area (Å²) in [6.45, 7) is 2.98. The second-order valence-corrected chi connectivity index (χ2v) is 7.39. The maximum absolute atomic E-state index is 12.1. The van der Waals surface area contributed by atoms with Gasteiger partial charge in [-0.15, -0.1) is 10.2 Å². The molecule has 0 atom stereocenters. The van der Waals surface area contributed by atoms with E-state index in [0.717, 1.165) is 22.4 Å². The predicted octanol–water partition coefficient (Wildman–Crippen LogP) is 3.31. The quantitative estimate of drug-likeness (QED) is 0.674. The smallest absolute Gasteiger partial charge is 0.258 e. The van der Waals surface area contributed by atoms with E-state index in [1.165, 1.54) is 33.6 Å². The van der Waals surface area contributed by atoms with Crippen LogP contribution in [0.5, 0.6) is 0 Å². The number of aromatic nitrogens is 4. The van der Waals surface area contributed by atoms with E-state index in [1.807, 2.05) is 0 Å². The molecule has 0 aliphatic rings. The Labute approximate surface area is 145 Å². The van der Waals surface area contributed by atoms with Crippen molar-refractivity contribution in [3.63, 3.8) is 0 Å². The zero-order valence-electron chi connectivity index (χ0n) is 12.3. The van der Waals surface area contributed by atoms with Crippen LogP contribution in [0.1, 0.15) is 19.0 Å². The minimum atomic E-state index is -0.143. The van der Waals surface area contributed by atoms with E-state index in [2.05, 4.69) is 27.4 Å². The summed E-state index contributed by atoms with van der Waals surface area (Å²) in [6.07, 6.45) is 2.61. The van der Waals surface area contributed by atoms with Crippen LogP contribution >= 0.6 is 34.7 Å². The van der Waals surface area contributed by atoms with Crippen LogP contribution in [0.4, 0.5) is 5.13 Å². The molecule has 0 aliphatic carbocycles. The molecule has 0 amide bonds. The number of pyridine rings is 1. The maximum Gasteiger partial charge on any atom is 0.258 e. The molecule has 3 heterocycles. The molecule has 0 aromatic carbocycles. The second kappa shape index (κ2) is 7.29. The fourth-order valence-corrected chi connectivity index (χ4v) is 3.74. The zero-order valence-corrected chi connectivity index (χ0v) is 14.7. The molecule has 23 heavy (non-hydrogen) atoms. The number of fused-ring (bicyclic) bond motifs is 1. The van der Waals surface area contributed by atoms with Gasteiger partial charge in [0.15, 0.2) is 4.34 Å². The molecule has 6 nitrogen and oxygen atoms in total. The molecule has 0 fully saturated rings. The standard InChI is InChI=1S/C14H14ClN5OS2/c1-2-5-16-13-18-19-14(23-13)22-8-10-6-12(21)20-7-9(15)3-4-11(20)17-10/h3-4,6-7H,2,5,8H2,1H3,(H,16,18). The van der Waals surface area contributed by atoms with Crippen LogP contribution in [-0.2, 0) is 5.75 Å². The van der Waals surface area contributed by atoms with Crippen LogP contribution in [0, 0.1) is 0 Å². The Morgan fingerprint density at radius 3 is 3.09 bits per heavy atom. The Hall–Kier alpha value is -1.64. The lowest BCUT2D eigenvalue weighted by Crippen LogP contribution is -2.14. The van der Waals surface area contributed by atoms with Crippen LogP contribution in [0.15, 0.2) is 33.5 Å². The number of nitrogens with one attached hydrogen (secondary N) is 1. The summed E-state index contributed by atoms with van der Waals surface area (Å²) in [5.41, 5.74) is 1.15. The molecule has 0 radical (unpaired) electrons. The highest BCUT2D eigenvalue weighted by Gasteiger charge is 2.07. The number of hydrogen-bond donors (Lipinski definition) is 1. The van der Waals surface area contributed by atoms with Crippen molar-refractivity contribution in [2.45, 2.75) is 23.4 Å². The van der Waals surface area contributed by atoms with Gasteiger partial charge < -0.3 is 5.32 Å². The third-order valence-electron chi connectivity index (χ3n) is 2.95. The highest BCUT2D eigenvalue weighted by Crippen LogP contribution is 2.27. The van der Waals surface area contributed by atoms with E-state index in [-0.39, 0.29) is 5.56 Å². The van der Waals surface area contributed by atoms with Gasteiger partial charge in [0.25, 0.3) is 5.56 Å². The lowest BCUT2D eigenvalue weighted by molar-refractivity contribution is 0.951.